The van der Waals surface area contributed by atoms with Crippen LogP contribution in [-0.2, 0) is 0 Å². The number of hydrogen-bond donors (Lipinski definition) is 3. The fourth-order valence-electron chi connectivity index (χ4n) is 1.75. The lowest BCUT2D eigenvalue weighted by atomic mass is 9.95. The highest BCUT2D eigenvalue weighted by atomic mass is 16.3. The summed E-state index contributed by atoms with van der Waals surface area (Å²) < 4.78 is 0. The Hall–Kier alpha value is -0.160. The Balaban J connectivity index is 2.37. The molecule has 1 fully saturated rings. The number of nitrogens with two attached hydrogens (primary N) is 2. The van der Waals surface area contributed by atoms with Crippen LogP contribution in [-0.4, -0.2) is 48.8 Å². The summed E-state index contributed by atoms with van der Waals surface area (Å²) in [6.45, 7) is 2.33. The highest BCUT2D eigenvalue weighted by Crippen LogP contribution is 2.18. The molecule has 12 heavy (non-hydrogen) atoms. The van der Waals surface area contributed by atoms with Gasteiger partial charge in [0.1, 0.15) is 0 Å². The van der Waals surface area contributed by atoms with Gasteiger partial charge in [0, 0.05) is 19.1 Å². The van der Waals surface area contributed by atoms with Gasteiger partial charge in [-0.1, -0.05) is 0 Å². The van der Waals surface area contributed by atoms with Crippen molar-refractivity contribution in [3.05, 3.63) is 0 Å². The van der Waals surface area contributed by atoms with Crippen molar-refractivity contribution in [1.29, 1.82) is 0 Å². The lowest BCUT2D eigenvalue weighted by Crippen LogP contribution is -2.45. The minimum absolute atomic E-state index is 0.153. The molecule has 0 aromatic rings. The van der Waals surface area contributed by atoms with E-state index in [0.29, 0.717) is 5.92 Å². The zero-order valence-corrected chi connectivity index (χ0v) is 7.61. The number of aliphatic hydroxyl groups is 1. The molecule has 4 nitrogen and oxygen atoms in total. The summed E-state index contributed by atoms with van der Waals surface area (Å²) in [6, 6.07) is -0.153. The monoisotopic (exact) mass is 173 g/mol. The second-order valence-corrected chi connectivity index (χ2v) is 3.69. The summed E-state index contributed by atoms with van der Waals surface area (Å²) in [4.78, 5) is 2.23. The van der Waals surface area contributed by atoms with Gasteiger partial charge in [0.2, 0.25) is 0 Å². The van der Waals surface area contributed by atoms with Crippen molar-refractivity contribution in [3.63, 3.8) is 0 Å². The van der Waals surface area contributed by atoms with E-state index in [2.05, 4.69) is 11.9 Å². The molecule has 1 heterocycles. The van der Waals surface area contributed by atoms with Gasteiger partial charge < -0.3 is 21.5 Å². The topological polar surface area (TPSA) is 75.5 Å². The molecular weight excluding hydrogens is 154 g/mol. The number of aliphatic hydroxyl groups excluding tert-OH is 1. The molecule has 0 aliphatic carbocycles. The molecule has 72 valence electrons. The van der Waals surface area contributed by atoms with E-state index < -0.39 is 6.10 Å². The van der Waals surface area contributed by atoms with Crippen LogP contribution >= 0.6 is 0 Å². The van der Waals surface area contributed by atoms with Crippen molar-refractivity contribution in [2.45, 2.75) is 18.6 Å². The van der Waals surface area contributed by atoms with Gasteiger partial charge in [-0.15, -0.1) is 0 Å². The van der Waals surface area contributed by atoms with Gasteiger partial charge in [-0.05, 0) is 25.9 Å². The maximum absolute atomic E-state index is 9.40. The molecule has 0 aromatic carbocycles. The van der Waals surface area contributed by atoms with E-state index in [9.17, 15) is 5.11 Å². The van der Waals surface area contributed by atoms with E-state index in [1.165, 1.54) is 0 Å². The van der Waals surface area contributed by atoms with E-state index >= 15 is 0 Å². The number of nitrogens with zero attached hydrogens (tertiary/aromatic N) is 1. The average Bonchev–Trinajstić information content (AvgIpc) is 2.49. The van der Waals surface area contributed by atoms with Gasteiger partial charge in [-0.2, -0.15) is 0 Å². The minimum Gasteiger partial charge on any atom is -0.390 e. The SMILES string of the molecule is CN1CCC(C(N)C(O)CN)C1. The molecule has 0 radical (unpaired) electrons. The molecule has 0 saturated carbocycles. The molecular formula is C8H19N3O. The Labute approximate surface area is 73.5 Å². The molecule has 5 N–H and O–H groups in total. The van der Waals surface area contributed by atoms with Gasteiger partial charge in [0.05, 0.1) is 6.10 Å². The first-order valence-electron chi connectivity index (χ1n) is 4.47. The van der Waals surface area contributed by atoms with Crippen molar-refractivity contribution in [2.24, 2.45) is 17.4 Å². The van der Waals surface area contributed by atoms with Crippen LogP contribution in [0.3, 0.4) is 0 Å². The fourth-order valence-corrected chi connectivity index (χ4v) is 1.75. The van der Waals surface area contributed by atoms with Crippen LogP contribution < -0.4 is 11.5 Å². The second kappa shape index (κ2) is 4.18. The Morgan fingerprint density at radius 2 is 2.33 bits per heavy atom. The largest absolute Gasteiger partial charge is 0.390 e. The van der Waals surface area contributed by atoms with Gasteiger partial charge in [-0.3, -0.25) is 0 Å². The van der Waals surface area contributed by atoms with Crippen molar-refractivity contribution < 1.29 is 5.11 Å². The van der Waals surface area contributed by atoms with Crippen LogP contribution in [0.15, 0.2) is 0 Å². The standard InChI is InChI=1S/C8H19N3O/c1-11-3-2-6(5-11)8(10)7(12)4-9/h6-8,12H,2-5,9-10H2,1H3. The zero-order chi connectivity index (χ0) is 9.14. The Kier molecular flexibility index (Phi) is 3.46. The molecule has 1 aliphatic heterocycles. The molecule has 3 unspecified atom stereocenters. The van der Waals surface area contributed by atoms with Crippen LogP contribution in [0.4, 0.5) is 0 Å². The summed E-state index contributed by atoms with van der Waals surface area (Å²) in [5.41, 5.74) is 11.2. The first kappa shape index (κ1) is 9.92. The molecule has 0 amide bonds. The molecule has 4 heteroatoms. The Bertz CT molecular complexity index is 142. The molecule has 0 bridgehead atoms. The van der Waals surface area contributed by atoms with Crippen LogP contribution in [0.5, 0.6) is 0 Å². The van der Waals surface area contributed by atoms with Crippen LogP contribution in [0, 0.1) is 5.92 Å². The number of hydrogen-bond acceptors (Lipinski definition) is 4. The van der Waals surface area contributed by atoms with E-state index in [1.807, 2.05) is 0 Å². The third-order valence-corrected chi connectivity index (χ3v) is 2.66. The first-order chi connectivity index (χ1) is 5.65. The normalized spacial score (nSPS) is 30.5. The fraction of sp³-hybridized carbons (Fsp3) is 1.00. The summed E-state index contributed by atoms with van der Waals surface area (Å²) in [5.74, 6) is 0.411. The number of rotatable bonds is 3. The maximum Gasteiger partial charge on any atom is 0.0816 e. The molecule has 0 aromatic heterocycles. The quantitative estimate of drug-likeness (QED) is 0.490. The lowest BCUT2D eigenvalue weighted by Gasteiger charge is -2.23. The third-order valence-electron chi connectivity index (χ3n) is 2.66. The third kappa shape index (κ3) is 2.17. The van der Waals surface area contributed by atoms with E-state index in [-0.39, 0.29) is 12.6 Å². The summed E-state index contributed by atoms with van der Waals surface area (Å²) >= 11 is 0. The summed E-state index contributed by atoms with van der Waals surface area (Å²) in [6.07, 6.45) is 0.538. The smallest absolute Gasteiger partial charge is 0.0816 e. The van der Waals surface area contributed by atoms with Gasteiger partial charge >= 0.3 is 0 Å². The van der Waals surface area contributed by atoms with Crippen molar-refractivity contribution in [1.82, 2.24) is 4.90 Å². The molecule has 0 spiro atoms. The molecule has 1 aliphatic rings. The molecule has 1 saturated heterocycles. The van der Waals surface area contributed by atoms with Gasteiger partial charge in [0.25, 0.3) is 0 Å². The Morgan fingerprint density at radius 1 is 1.67 bits per heavy atom. The van der Waals surface area contributed by atoms with Crippen molar-refractivity contribution in [3.8, 4) is 0 Å². The predicted molar refractivity (Wildman–Crippen MR) is 48.6 cm³/mol. The summed E-state index contributed by atoms with van der Waals surface area (Å²) in [5, 5.41) is 9.40. The van der Waals surface area contributed by atoms with E-state index in [0.717, 1.165) is 19.5 Å². The van der Waals surface area contributed by atoms with Crippen LogP contribution in [0.25, 0.3) is 0 Å². The van der Waals surface area contributed by atoms with Gasteiger partial charge in [0.15, 0.2) is 0 Å². The van der Waals surface area contributed by atoms with Crippen molar-refractivity contribution in [2.75, 3.05) is 26.7 Å². The summed E-state index contributed by atoms with van der Waals surface area (Å²) in [7, 11) is 2.07. The van der Waals surface area contributed by atoms with Crippen LogP contribution in [0.2, 0.25) is 0 Å². The zero-order valence-electron chi connectivity index (χ0n) is 7.61. The number of likely N-dealkylation sites (tertiary alicyclic amines) is 1. The van der Waals surface area contributed by atoms with E-state index in [1.54, 1.807) is 0 Å². The first-order valence-corrected chi connectivity index (χ1v) is 4.47. The molecule has 3 atom stereocenters. The van der Waals surface area contributed by atoms with Crippen LogP contribution in [0.1, 0.15) is 6.42 Å². The highest BCUT2D eigenvalue weighted by Gasteiger charge is 2.28. The van der Waals surface area contributed by atoms with Gasteiger partial charge in [-0.25, -0.2) is 0 Å². The molecule has 1 rings (SSSR count). The maximum atomic E-state index is 9.40. The second-order valence-electron chi connectivity index (χ2n) is 3.69. The predicted octanol–water partition coefficient (Wildman–Crippen LogP) is -1.41. The van der Waals surface area contributed by atoms with Crippen molar-refractivity contribution >= 4 is 0 Å². The average molecular weight is 173 g/mol. The minimum atomic E-state index is -0.540. The van der Waals surface area contributed by atoms with E-state index in [4.69, 9.17) is 11.5 Å². The lowest BCUT2D eigenvalue weighted by molar-refractivity contribution is 0.125. The highest BCUT2D eigenvalue weighted by molar-refractivity contribution is 4.86. The Morgan fingerprint density at radius 3 is 2.75 bits per heavy atom.